The van der Waals surface area contributed by atoms with E-state index in [0.717, 1.165) is 21.9 Å². The Bertz CT molecular complexity index is 644. The largest absolute Gasteiger partial charge is 0.480 e. The van der Waals surface area contributed by atoms with Gasteiger partial charge in [-0.05, 0) is 31.5 Å². The third-order valence-electron chi connectivity index (χ3n) is 3.70. The number of imide groups is 1. The molecular formula is C14H14F2N2O4. The van der Waals surface area contributed by atoms with Gasteiger partial charge in [0.15, 0.2) is 0 Å². The van der Waals surface area contributed by atoms with Crippen molar-refractivity contribution in [2.75, 3.05) is 13.1 Å². The number of nitrogens with zero attached hydrogens (tertiary/aromatic N) is 2. The van der Waals surface area contributed by atoms with Gasteiger partial charge in [0.25, 0.3) is 5.91 Å². The number of benzene rings is 1. The van der Waals surface area contributed by atoms with Crippen LogP contribution < -0.4 is 0 Å². The molecule has 1 aromatic carbocycles. The first-order chi connectivity index (χ1) is 10.2. The molecule has 6 nitrogen and oxygen atoms in total. The maximum absolute atomic E-state index is 13.5. The molecule has 22 heavy (non-hydrogen) atoms. The van der Waals surface area contributed by atoms with E-state index in [-0.39, 0.29) is 12.1 Å². The average molecular weight is 312 g/mol. The van der Waals surface area contributed by atoms with Gasteiger partial charge in [0.05, 0.1) is 0 Å². The summed E-state index contributed by atoms with van der Waals surface area (Å²) in [5, 5.41) is 8.95. The van der Waals surface area contributed by atoms with Gasteiger partial charge in [-0.25, -0.2) is 13.6 Å². The number of carboxylic acids is 1. The third-order valence-corrected chi connectivity index (χ3v) is 3.70. The van der Waals surface area contributed by atoms with Crippen LogP contribution in [-0.4, -0.2) is 45.9 Å². The summed E-state index contributed by atoms with van der Waals surface area (Å²) in [5.41, 5.74) is -1.88. The Labute approximate surface area is 124 Å². The van der Waals surface area contributed by atoms with Gasteiger partial charge in [0, 0.05) is 12.6 Å². The lowest BCUT2D eigenvalue weighted by Crippen LogP contribution is -2.46. The molecule has 1 saturated heterocycles. The van der Waals surface area contributed by atoms with Crippen molar-refractivity contribution in [2.24, 2.45) is 0 Å². The first kappa shape index (κ1) is 15.9. The zero-order valence-electron chi connectivity index (χ0n) is 12.0. The number of carbonyl (C=O) groups is 3. The molecule has 1 aliphatic heterocycles. The highest BCUT2D eigenvalue weighted by molar-refractivity contribution is 6.08. The molecule has 1 atom stereocenters. The standard InChI is InChI=1S/C14H14F2N2O4/c1-3-17-12(21)14(2,18(13(17)22)7-11(19)20)8-4-9(15)6-10(16)5-8/h4-6H,3,7H2,1-2H3,(H,19,20). The number of halogens is 2. The van der Waals surface area contributed by atoms with Gasteiger partial charge < -0.3 is 5.11 Å². The molecule has 118 valence electrons. The fraction of sp³-hybridized carbons (Fsp3) is 0.357. The van der Waals surface area contributed by atoms with E-state index in [4.69, 9.17) is 5.11 Å². The summed E-state index contributed by atoms with van der Waals surface area (Å²) in [6, 6.07) is 1.67. The van der Waals surface area contributed by atoms with Gasteiger partial charge in [0.2, 0.25) is 0 Å². The number of hydrogen-bond donors (Lipinski definition) is 1. The van der Waals surface area contributed by atoms with E-state index < -0.39 is 41.6 Å². The summed E-state index contributed by atoms with van der Waals surface area (Å²) in [7, 11) is 0. The molecule has 1 unspecified atom stereocenters. The second kappa shape index (κ2) is 5.36. The molecule has 0 bridgehead atoms. The van der Waals surface area contributed by atoms with Crippen LogP contribution in [0.4, 0.5) is 13.6 Å². The Morgan fingerprint density at radius 2 is 1.77 bits per heavy atom. The molecule has 0 radical (unpaired) electrons. The molecule has 3 amide bonds. The second-order valence-electron chi connectivity index (χ2n) is 5.04. The quantitative estimate of drug-likeness (QED) is 0.856. The normalized spacial score (nSPS) is 21.6. The van der Waals surface area contributed by atoms with Crippen molar-refractivity contribution in [1.82, 2.24) is 9.80 Å². The minimum Gasteiger partial charge on any atom is -0.480 e. The number of amides is 3. The van der Waals surface area contributed by atoms with Crippen molar-refractivity contribution in [3.05, 3.63) is 35.4 Å². The fourth-order valence-electron chi connectivity index (χ4n) is 2.56. The fourth-order valence-corrected chi connectivity index (χ4v) is 2.56. The first-order valence-electron chi connectivity index (χ1n) is 6.53. The van der Waals surface area contributed by atoms with Gasteiger partial charge in [-0.1, -0.05) is 0 Å². The number of rotatable bonds is 4. The predicted molar refractivity (Wildman–Crippen MR) is 70.8 cm³/mol. The predicted octanol–water partition coefficient (Wildman–Crippen LogP) is 1.55. The van der Waals surface area contributed by atoms with E-state index in [1.54, 1.807) is 6.92 Å². The highest BCUT2D eigenvalue weighted by Crippen LogP contribution is 2.37. The first-order valence-corrected chi connectivity index (χ1v) is 6.53. The van der Waals surface area contributed by atoms with Crippen molar-refractivity contribution >= 4 is 17.9 Å². The lowest BCUT2D eigenvalue weighted by Gasteiger charge is -2.31. The molecule has 1 fully saturated rings. The highest BCUT2D eigenvalue weighted by Gasteiger charge is 2.55. The summed E-state index contributed by atoms with van der Waals surface area (Å²) in [4.78, 5) is 37.4. The van der Waals surface area contributed by atoms with Crippen molar-refractivity contribution in [3.63, 3.8) is 0 Å². The van der Waals surface area contributed by atoms with Gasteiger partial charge >= 0.3 is 12.0 Å². The summed E-state index contributed by atoms with van der Waals surface area (Å²) >= 11 is 0. The Morgan fingerprint density at radius 3 is 2.23 bits per heavy atom. The van der Waals surface area contributed by atoms with Crippen molar-refractivity contribution in [3.8, 4) is 0 Å². The summed E-state index contributed by atoms with van der Waals surface area (Å²) in [5.74, 6) is -3.88. The maximum Gasteiger partial charge on any atom is 0.328 e. The molecule has 1 heterocycles. The van der Waals surface area contributed by atoms with Crippen LogP contribution in [-0.2, 0) is 15.1 Å². The molecule has 1 N–H and O–H groups in total. The number of hydrogen-bond acceptors (Lipinski definition) is 3. The number of aliphatic carboxylic acids is 1. The molecule has 0 saturated carbocycles. The van der Waals surface area contributed by atoms with E-state index in [2.05, 4.69) is 0 Å². The van der Waals surface area contributed by atoms with Crippen LogP contribution in [0.5, 0.6) is 0 Å². The zero-order valence-corrected chi connectivity index (χ0v) is 12.0. The molecule has 8 heteroatoms. The molecule has 1 aliphatic rings. The Hall–Kier alpha value is -2.51. The lowest BCUT2D eigenvalue weighted by atomic mass is 9.90. The van der Waals surface area contributed by atoms with Gasteiger partial charge in [-0.3, -0.25) is 19.4 Å². The number of urea groups is 1. The average Bonchev–Trinajstić information content (AvgIpc) is 2.59. The van der Waals surface area contributed by atoms with E-state index in [1.165, 1.54) is 6.92 Å². The minimum absolute atomic E-state index is 0.0289. The van der Waals surface area contributed by atoms with E-state index in [1.807, 2.05) is 0 Å². The van der Waals surface area contributed by atoms with Crippen LogP contribution in [0.2, 0.25) is 0 Å². The monoisotopic (exact) mass is 312 g/mol. The maximum atomic E-state index is 13.5. The number of carbonyl (C=O) groups excluding carboxylic acids is 2. The number of carboxylic acid groups (broad SMARTS) is 1. The zero-order chi connectivity index (χ0) is 16.7. The van der Waals surface area contributed by atoms with Crippen LogP contribution in [0.15, 0.2) is 18.2 Å². The van der Waals surface area contributed by atoms with Crippen LogP contribution in [0.3, 0.4) is 0 Å². The molecule has 2 rings (SSSR count). The smallest absolute Gasteiger partial charge is 0.328 e. The van der Waals surface area contributed by atoms with Gasteiger partial charge in [-0.15, -0.1) is 0 Å². The molecule has 0 spiro atoms. The van der Waals surface area contributed by atoms with Crippen LogP contribution in [0, 0.1) is 11.6 Å². The summed E-state index contributed by atoms with van der Waals surface area (Å²) in [6.45, 7) is 2.10. The van der Waals surface area contributed by atoms with E-state index in [9.17, 15) is 23.2 Å². The van der Waals surface area contributed by atoms with Crippen LogP contribution >= 0.6 is 0 Å². The molecule has 0 aromatic heterocycles. The van der Waals surface area contributed by atoms with E-state index >= 15 is 0 Å². The Morgan fingerprint density at radius 1 is 1.23 bits per heavy atom. The molecule has 0 aliphatic carbocycles. The minimum atomic E-state index is -1.77. The Balaban J connectivity index is 2.62. The van der Waals surface area contributed by atoms with Crippen molar-refractivity contribution in [2.45, 2.75) is 19.4 Å². The molecular weight excluding hydrogens is 298 g/mol. The summed E-state index contributed by atoms with van der Waals surface area (Å²) in [6.07, 6.45) is 0. The van der Waals surface area contributed by atoms with Crippen molar-refractivity contribution in [1.29, 1.82) is 0 Å². The molecule has 1 aromatic rings. The number of likely N-dealkylation sites (N-methyl/N-ethyl adjacent to an activating group) is 1. The second-order valence-corrected chi connectivity index (χ2v) is 5.04. The topological polar surface area (TPSA) is 77.9 Å². The van der Waals surface area contributed by atoms with E-state index in [0.29, 0.717) is 6.07 Å². The summed E-state index contributed by atoms with van der Waals surface area (Å²) < 4.78 is 26.9. The van der Waals surface area contributed by atoms with Gasteiger partial charge in [0.1, 0.15) is 23.7 Å². The van der Waals surface area contributed by atoms with Crippen LogP contribution in [0.1, 0.15) is 19.4 Å². The Kier molecular flexibility index (Phi) is 3.87. The van der Waals surface area contributed by atoms with Crippen LogP contribution in [0.25, 0.3) is 0 Å². The third kappa shape index (κ3) is 2.30. The highest BCUT2D eigenvalue weighted by atomic mass is 19.1. The SMILES string of the molecule is CCN1C(=O)N(CC(=O)O)C(C)(c2cc(F)cc(F)c2)C1=O. The van der Waals surface area contributed by atoms with Gasteiger partial charge in [-0.2, -0.15) is 0 Å². The lowest BCUT2D eigenvalue weighted by molar-refractivity contribution is -0.139. The van der Waals surface area contributed by atoms with Crippen molar-refractivity contribution < 1.29 is 28.3 Å².